The molecule has 0 saturated carbocycles. The Hall–Kier alpha value is -2.35. The van der Waals surface area contributed by atoms with Gasteiger partial charge in [-0.05, 0) is 37.6 Å². The fourth-order valence-electron chi connectivity index (χ4n) is 2.23. The zero-order valence-electron chi connectivity index (χ0n) is 11.5. The van der Waals surface area contributed by atoms with Crippen molar-refractivity contribution in [2.75, 3.05) is 10.0 Å². The maximum absolute atomic E-state index is 12.3. The van der Waals surface area contributed by atoms with Crippen molar-refractivity contribution in [2.45, 2.75) is 24.7 Å². The highest BCUT2D eigenvalue weighted by atomic mass is 32.2. The Labute approximate surface area is 121 Å². The fraction of sp³-hybridized carbons (Fsp3) is 0.231. The van der Waals surface area contributed by atoms with Gasteiger partial charge in [0, 0.05) is 17.4 Å². The van der Waals surface area contributed by atoms with Gasteiger partial charge in [-0.2, -0.15) is 5.10 Å². The third-order valence-electron chi connectivity index (χ3n) is 3.40. The van der Waals surface area contributed by atoms with Crippen molar-refractivity contribution in [3.8, 4) is 0 Å². The van der Waals surface area contributed by atoms with Crippen LogP contribution in [0.3, 0.4) is 0 Å². The smallest absolute Gasteiger partial charge is 0.263 e. The predicted molar refractivity (Wildman–Crippen MR) is 77.6 cm³/mol. The van der Waals surface area contributed by atoms with Crippen LogP contribution in [0.4, 0.5) is 11.5 Å². The lowest BCUT2D eigenvalue weighted by molar-refractivity contribution is -0.116. The molecule has 0 bridgehead atoms. The van der Waals surface area contributed by atoms with Crippen LogP contribution in [0.2, 0.25) is 0 Å². The molecule has 1 atom stereocenters. The lowest BCUT2D eigenvalue weighted by Crippen LogP contribution is -2.13. The van der Waals surface area contributed by atoms with Crippen molar-refractivity contribution in [1.82, 2.24) is 10.2 Å². The minimum atomic E-state index is -3.73. The van der Waals surface area contributed by atoms with Gasteiger partial charge in [-0.15, -0.1) is 0 Å². The van der Waals surface area contributed by atoms with E-state index in [2.05, 4.69) is 20.2 Å². The second kappa shape index (κ2) is 4.59. The van der Waals surface area contributed by atoms with E-state index in [-0.39, 0.29) is 22.5 Å². The summed E-state index contributed by atoms with van der Waals surface area (Å²) in [5.74, 6) is -0.256. The molecule has 2 heterocycles. The van der Waals surface area contributed by atoms with Crippen LogP contribution < -0.4 is 10.0 Å². The molecule has 21 heavy (non-hydrogen) atoms. The third kappa shape index (κ3) is 2.38. The van der Waals surface area contributed by atoms with Gasteiger partial charge in [0.05, 0.1) is 10.8 Å². The summed E-state index contributed by atoms with van der Waals surface area (Å²) in [7, 11) is -3.73. The van der Waals surface area contributed by atoms with Crippen LogP contribution in [0.15, 0.2) is 29.2 Å². The number of carbonyl (C=O) groups is 1. The van der Waals surface area contributed by atoms with Gasteiger partial charge in [-0.25, -0.2) is 8.42 Å². The van der Waals surface area contributed by atoms with Crippen molar-refractivity contribution in [3.63, 3.8) is 0 Å². The van der Waals surface area contributed by atoms with Crippen molar-refractivity contribution < 1.29 is 13.2 Å². The van der Waals surface area contributed by atoms with E-state index < -0.39 is 10.0 Å². The van der Waals surface area contributed by atoms with Gasteiger partial charge in [0.1, 0.15) is 0 Å². The average Bonchev–Trinajstić information content (AvgIpc) is 2.94. The van der Waals surface area contributed by atoms with Crippen molar-refractivity contribution in [3.05, 3.63) is 35.5 Å². The molecule has 3 N–H and O–H groups in total. The maximum atomic E-state index is 12.3. The third-order valence-corrected chi connectivity index (χ3v) is 4.75. The number of aryl methyl sites for hydroxylation is 1. The van der Waals surface area contributed by atoms with Gasteiger partial charge in [0.25, 0.3) is 10.0 Å². The molecular weight excluding hydrogens is 292 g/mol. The summed E-state index contributed by atoms with van der Waals surface area (Å²) in [6.45, 7) is 3.52. The van der Waals surface area contributed by atoms with Crippen LogP contribution in [0, 0.1) is 6.92 Å². The van der Waals surface area contributed by atoms with E-state index in [0.717, 1.165) is 5.69 Å². The Morgan fingerprint density at radius 1 is 1.29 bits per heavy atom. The number of rotatable bonds is 3. The zero-order valence-corrected chi connectivity index (χ0v) is 12.3. The molecular formula is C13H14N4O3S. The van der Waals surface area contributed by atoms with Crippen molar-refractivity contribution >= 4 is 27.4 Å². The number of carbonyl (C=O) groups excluding carboxylic acids is 1. The molecule has 1 unspecified atom stereocenters. The van der Waals surface area contributed by atoms with Crippen LogP contribution in [0.1, 0.15) is 24.1 Å². The highest BCUT2D eigenvalue weighted by Crippen LogP contribution is 2.34. The highest BCUT2D eigenvalue weighted by molar-refractivity contribution is 7.92. The number of aromatic nitrogens is 2. The molecule has 2 aromatic rings. The minimum Gasteiger partial charge on any atom is -0.325 e. The standard InChI is InChI=1S/C13H14N4O3S/c1-7-5-12(16-15-7)17-21(19,20)9-3-4-11-10(6-9)8(2)13(18)14-11/h3-6,8H,1-2H3,(H,14,18)(H2,15,16,17). The van der Waals surface area contributed by atoms with Gasteiger partial charge in [0.2, 0.25) is 5.91 Å². The summed E-state index contributed by atoms with van der Waals surface area (Å²) >= 11 is 0. The van der Waals surface area contributed by atoms with Gasteiger partial charge in [-0.3, -0.25) is 14.6 Å². The number of fused-ring (bicyclic) bond motifs is 1. The minimum absolute atomic E-state index is 0.102. The first kappa shape index (κ1) is 13.6. The number of H-pyrrole nitrogens is 1. The van der Waals surface area contributed by atoms with Crippen LogP contribution in [-0.4, -0.2) is 24.5 Å². The molecule has 1 amide bonds. The summed E-state index contributed by atoms with van der Waals surface area (Å²) < 4.78 is 27.1. The molecule has 0 aliphatic carbocycles. The average molecular weight is 306 g/mol. The number of hydrogen-bond donors (Lipinski definition) is 3. The Morgan fingerprint density at radius 3 is 2.71 bits per heavy atom. The Bertz CT molecular complexity index is 826. The van der Waals surface area contributed by atoms with E-state index in [1.807, 2.05) is 0 Å². The molecule has 110 valence electrons. The number of aromatic amines is 1. The molecule has 8 heteroatoms. The normalized spacial score (nSPS) is 17.4. The van der Waals surface area contributed by atoms with Gasteiger partial charge in [0.15, 0.2) is 5.82 Å². The monoisotopic (exact) mass is 306 g/mol. The van der Waals surface area contributed by atoms with Crippen molar-refractivity contribution in [2.24, 2.45) is 0 Å². The zero-order chi connectivity index (χ0) is 15.2. The van der Waals surface area contributed by atoms with Gasteiger partial charge >= 0.3 is 0 Å². The van der Waals surface area contributed by atoms with Gasteiger partial charge < -0.3 is 5.32 Å². The Kier molecular flexibility index (Phi) is 2.98. The molecule has 7 nitrogen and oxygen atoms in total. The number of nitrogens with one attached hydrogen (secondary N) is 3. The van der Waals surface area contributed by atoms with E-state index in [9.17, 15) is 13.2 Å². The predicted octanol–water partition coefficient (Wildman–Crippen LogP) is 1.57. The molecule has 0 radical (unpaired) electrons. The lowest BCUT2D eigenvalue weighted by atomic mass is 10.0. The molecule has 0 saturated heterocycles. The number of anilines is 2. The van der Waals surface area contributed by atoms with Crippen LogP contribution >= 0.6 is 0 Å². The van der Waals surface area contributed by atoms with E-state index in [4.69, 9.17) is 0 Å². The van der Waals surface area contributed by atoms with Crippen LogP contribution in [0.5, 0.6) is 0 Å². The van der Waals surface area contributed by atoms with E-state index in [0.29, 0.717) is 11.3 Å². The first-order chi connectivity index (χ1) is 9.87. The number of nitrogens with zero attached hydrogens (tertiary/aromatic N) is 1. The molecule has 1 aliphatic rings. The molecule has 0 spiro atoms. The number of amides is 1. The van der Waals surface area contributed by atoms with E-state index >= 15 is 0 Å². The number of hydrogen-bond acceptors (Lipinski definition) is 4. The summed E-state index contributed by atoms with van der Waals surface area (Å²) in [6.07, 6.45) is 0. The first-order valence-corrected chi connectivity index (χ1v) is 7.85. The summed E-state index contributed by atoms with van der Waals surface area (Å²) in [5, 5.41) is 9.22. The molecule has 1 aromatic carbocycles. The second-order valence-electron chi connectivity index (χ2n) is 5.00. The first-order valence-electron chi connectivity index (χ1n) is 6.36. The maximum Gasteiger partial charge on any atom is 0.263 e. The lowest BCUT2D eigenvalue weighted by Gasteiger charge is -2.08. The summed E-state index contributed by atoms with van der Waals surface area (Å²) in [4.78, 5) is 11.7. The fourth-order valence-corrected chi connectivity index (χ4v) is 3.26. The highest BCUT2D eigenvalue weighted by Gasteiger charge is 2.28. The molecule has 1 aromatic heterocycles. The SMILES string of the molecule is Cc1cc(NS(=O)(=O)c2ccc3c(c2)C(C)C(=O)N3)n[nH]1. The molecule has 1 aliphatic heterocycles. The summed E-state index contributed by atoms with van der Waals surface area (Å²) in [5.41, 5.74) is 2.09. The number of benzene rings is 1. The Morgan fingerprint density at radius 2 is 2.05 bits per heavy atom. The second-order valence-corrected chi connectivity index (χ2v) is 6.68. The summed E-state index contributed by atoms with van der Waals surface area (Å²) in [6, 6.07) is 6.17. The topological polar surface area (TPSA) is 104 Å². The van der Waals surface area contributed by atoms with Crippen LogP contribution in [-0.2, 0) is 14.8 Å². The van der Waals surface area contributed by atoms with Crippen LogP contribution in [0.25, 0.3) is 0 Å². The largest absolute Gasteiger partial charge is 0.325 e. The van der Waals surface area contributed by atoms with Gasteiger partial charge in [-0.1, -0.05) is 0 Å². The Balaban J connectivity index is 1.95. The van der Waals surface area contributed by atoms with E-state index in [1.54, 1.807) is 26.0 Å². The quantitative estimate of drug-likeness (QED) is 0.800. The van der Waals surface area contributed by atoms with Crippen molar-refractivity contribution in [1.29, 1.82) is 0 Å². The molecule has 0 fully saturated rings. The van der Waals surface area contributed by atoms with E-state index in [1.165, 1.54) is 12.1 Å². The number of sulfonamides is 1. The molecule has 3 rings (SSSR count).